The van der Waals surface area contributed by atoms with Crippen LogP contribution in [-0.2, 0) is 4.74 Å². The molecule has 19 heavy (non-hydrogen) atoms. The Bertz CT molecular complexity index is 410. The van der Waals surface area contributed by atoms with Crippen LogP contribution in [0.1, 0.15) is 10.4 Å². The highest BCUT2D eigenvalue weighted by atomic mass is 79.9. The van der Waals surface area contributed by atoms with E-state index in [1.54, 1.807) is 18.2 Å². The first kappa shape index (κ1) is 16.1. The van der Waals surface area contributed by atoms with Crippen molar-refractivity contribution in [3.05, 3.63) is 23.8 Å². The largest absolute Gasteiger partial charge is 0.497 e. The Morgan fingerprint density at radius 3 is 2.42 bits per heavy atom. The summed E-state index contributed by atoms with van der Waals surface area (Å²) in [6, 6.07) is 5.08. The predicted octanol–water partition coefficient (Wildman–Crippen LogP) is 3.72. The molecule has 1 aromatic rings. The van der Waals surface area contributed by atoms with Gasteiger partial charge in [-0.2, -0.15) is 13.2 Å². The first-order valence-corrected chi connectivity index (χ1v) is 6.29. The smallest absolute Gasteiger partial charge is 0.411 e. The Labute approximate surface area is 117 Å². The van der Waals surface area contributed by atoms with Gasteiger partial charge in [0.2, 0.25) is 0 Å². The molecule has 0 saturated heterocycles. The lowest BCUT2D eigenvalue weighted by Gasteiger charge is -2.16. The monoisotopic (exact) mass is 342 g/mol. The van der Waals surface area contributed by atoms with Crippen LogP contribution in [0.15, 0.2) is 18.2 Å². The summed E-state index contributed by atoms with van der Waals surface area (Å²) in [7, 11) is 3.00. The highest BCUT2D eigenvalue weighted by molar-refractivity contribution is 9.09. The lowest BCUT2D eigenvalue weighted by molar-refractivity contribution is -0.173. The van der Waals surface area contributed by atoms with Gasteiger partial charge in [-0.15, -0.1) is 0 Å². The van der Waals surface area contributed by atoms with Crippen molar-refractivity contribution in [2.75, 3.05) is 27.4 Å². The van der Waals surface area contributed by atoms with Crippen molar-refractivity contribution < 1.29 is 27.4 Å². The van der Waals surface area contributed by atoms with Crippen LogP contribution in [0.25, 0.3) is 0 Å². The molecule has 108 valence electrons. The molecule has 3 nitrogen and oxygen atoms in total. The summed E-state index contributed by atoms with van der Waals surface area (Å²) in [6.07, 6.45) is -4.33. The van der Waals surface area contributed by atoms with Gasteiger partial charge >= 0.3 is 6.18 Å². The minimum absolute atomic E-state index is 0.122. The summed E-state index contributed by atoms with van der Waals surface area (Å²) in [5, 5.41) is 0. The molecule has 0 spiro atoms. The molecular weight excluding hydrogens is 329 g/mol. The second-order valence-corrected chi connectivity index (χ2v) is 4.81. The fourth-order valence-electron chi connectivity index (χ4n) is 1.45. The molecule has 0 saturated carbocycles. The number of ether oxygens (including phenoxy) is 3. The minimum Gasteiger partial charge on any atom is -0.497 e. The maximum atomic E-state index is 12.0. The van der Waals surface area contributed by atoms with E-state index in [2.05, 4.69) is 20.7 Å². The van der Waals surface area contributed by atoms with Crippen LogP contribution in [0, 0.1) is 0 Å². The molecule has 0 amide bonds. The van der Waals surface area contributed by atoms with E-state index in [-0.39, 0.29) is 6.61 Å². The summed E-state index contributed by atoms with van der Waals surface area (Å²) in [6.45, 7) is -1.40. The van der Waals surface area contributed by atoms with Gasteiger partial charge in [0.25, 0.3) is 0 Å². The molecule has 1 atom stereocenters. The fourth-order valence-corrected chi connectivity index (χ4v) is 2.00. The Morgan fingerprint density at radius 2 is 1.89 bits per heavy atom. The summed E-state index contributed by atoms with van der Waals surface area (Å²) in [5.41, 5.74) is 0.670. The minimum atomic E-state index is -4.33. The van der Waals surface area contributed by atoms with Crippen molar-refractivity contribution in [2.24, 2.45) is 0 Å². The predicted molar refractivity (Wildman–Crippen MR) is 68.1 cm³/mol. The maximum absolute atomic E-state index is 12.0. The van der Waals surface area contributed by atoms with Gasteiger partial charge in [0.1, 0.15) is 18.1 Å². The van der Waals surface area contributed by atoms with E-state index in [0.717, 1.165) is 0 Å². The quantitative estimate of drug-likeness (QED) is 0.737. The SMILES string of the molecule is COc1ccc(OC)c(C(Br)COCC(F)(F)F)c1. The molecule has 0 radical (unpaired) electrons. The van der Waals surface area contributed by atoms with E-state index in [0.29, 0.717) is 17.1 Å². The van der Waals surface area contributed by atoms with Crippen molar-refractivity contribution in [3.8, 4) is 11.5 Å². The van der Waals surface area contributed by atoms with Gasteiger partial charge in [-0.05, 0) is 18.2 Å². The first-order chi connectivity index (χ1) is 8.87. The summed E-state index contributed by atoms with van der Waals surface area (Å²) < 4.78 is 50.8. The van der Waals surface area contributed by atoms with Crippen LogP contribution in [0.5, 0.6) is 11.5 Å². The Morgan fingerprint density at radius 1 is 1.21 bits per heavy atom. The Kier molecular flexibility index (Phi) is 5.93. The second-order valence-electron chi connectivity index (χ2n) is 3.71. The third kappa shape index (κ3) is 5.28. The van der Waals surface area contributed by atoms with Crippen molar-refractivity contribution >= 4 is 15.9 Å². The normalized spacial score (nSPS) is 13.2. The average molecular weight is 343 g/mol. The van der Waals surface area contributed by atoms with Crippen molar-refractivity contribution in [1.82, 2.24) is 0 Å². The van der Waals surface area contributed by atoms with E-state index >= 15 is 0 Å². The molecule has 0 heterocycles. The van der Waals surface area contributed by atoms with Gasteiger partial charge in [-0.3, -0.25) is 0 Å². The van der Waals surface area contributed by atoms with Gasteiger partial charge in [-0.25, -0.2) is 0 Å². The van der Waals surface area contributed by atoms with Gasteiger partial charge in [0, 0.05) is 5.56 Å². The van der Waals surface area contributed by atoms with Crippen molar-refractivity contribution in [2.45, 2.75) is 11.0 Å². The first-order valence-electron chi connectivity index (χ1n) is 5.38. The van der Waals surface area contributed by atoms with Gasteiger partial charge < -0.3 is 14.2 Å². The zero-order valence-electron chi connectivity index (χ0n) is 10.5. The molecule has 0 aliphatic rings. The number of hydrogen-bond donors (Lipinski definition) is 0. The molecule has 0 aliphatic carbocycles. The van der Waals surface area contributed by atoms with Crippen molar-refractivity contribution in [3.63, 3.8) is 0 Å². The zero-order valence-corrected chi connectivity index (χ0v) is 12.0. The van der Waals surface area contributed by atoms with E-state index < -0.39 is 17.6 Å². The molecule has 0 fully saturated rings. The number of methoxy groups -OCH3 is 2. The van der Waals surface area contributed by atoms with Crippen LogP contribution in [0.3, 0.4) is 0 Å². The molecule has 0 aromatic heterocycles. The van der Waals surface area contributed by atoms with E-state index in [1.165, 1.54) is 14.2 Å². The molecule has 0 N–H and O–H groups in total. The summed E-state index contributed by atoms with van der Waals surface area (Å²) >= 11 is 3.28. The van der Waals surface area contributed by atoms with Crippen LogP contribution in [0.4, 0.5) is 13.2 Å². The Hall–Kier alpha value is -0.950. The maximum Gasteiger partial charge on any atom is 0.411 e. The number of alkyl halides is 4. The third-order valence-electron chi connectivity index (χ3n) is 2.30. The number of hydrogen-bond acceptors (Lipinski definition) is 3. The molecule has 1 aromatic carbocycles. The van der Waals surface area contributed by atoms with E-state index in [9.17, 15) is 13.2 Å². The molecule has 1 rings (SSSR count). The highest BCUT2D eigenvalue weighted by Gasteiger charge is 2.28. The summed E-state index contributed by atoms with van der Waals surface area (Å²) in [5.74, 6) is 1.15. The third-order valence-corrected chi connectivity index (χ3v) is 3.06. The molecule has 0 aliphatic heterocycles. The van der Waals surface area contributed by atoms with Crippen LogP contribution in [0.2, 0.25) is 0 Å². The number of rotatable bonds is 6. The standard InChI is InChI=1S/C12H14BrF3O3/c1-17-8-3-4-11(18-2)9(5-8)10(13)6-19-7-12(14,15)16/h3-5,10H,6-7H2,1-2H3. The second kappa shape index (κ2) is 7.00. The molecule has 7 heteroatoms. The fraction of sp³-hybridized carbons (Fsp3) is 0.500. The van der Waals surface area contributed by atoms with Crippen molar-refractivity contribution in [1.29, 1.82) is 0 Å². The van der Waals surface area contributed by atoms with Crippen LogP contribution in [-0.4, -0.2) is 33.6 Å². The van der Waals surface area contributed by atoms with Gasteiger partial charge in [-0.1, -0.05) is 15.9 Å². The topological polar surface area (TPSA) is 27.7 Å². The molecular formula is C12H14BrF3O3. The van der Waals surface area contributed by atoms with Gasteiger partial charge in [0.05, 0.1) is 25.7 Å². The molecule has 1 unspecified atom stereocenters. The van der Waals surface area contributed by atoms with Crippen LogP contribution < -0.4 is 9.47 Å². The average Bonchev–Trinajstić information content (AvgIpc) is 2.36. The lowest BCUT2D eigenvalue weighted by Crippen LogP contribution is -2.18. The zero-order chi connectivity index (χ0) is 14.5. The van der Waals surface area contributed by atoms with Gasteiger partial charge in [0.15, 0.2) is 0 Å². The molecule has 0 bridgehead atoms. The van der Waals surface area contributed by atoms with Crippen LogP contribution >= 0.6 is 15.9 Å². The lowest BCUT2D eigenvalue weighted by atomic mass is 10.1. The number of halogens is 4. The van der Waals surface area contributed by atoms with E-state index in [1.807, 2.05) is 0 Å². The summed E-state index contributed by atoms with van der Waals surface area (Å²) in [4.78, 5) is -0.417. The highest BCUT2D eigenvalue weighted by Crippen LogP contribution is 2.34. The van der Waals surface area contributed by atoms with E-state index in [4.69, 9.17) is 9.47 Å². The number of benzene rings is 1. The Balaban J connectivity index is 2.72.